The lowest BCUT2D eigenvalue weighted by atomic mass is 10.1. The standard InChI is InChI=1S/C6H11N3S/c1-4(2)5-3-7-9-6(10)8-5/h3-5H,1-2H3,(H2,8,9,10). The highest BCUT2D eigenvalue weighted by Crippen LogP contribution is 2.00. The molecule has 0 saturated heterocycles. The van der Waals surface area contributed by atoms with E-state index < -0.39 is 0 Å². The molecule has 0 fully saturated rings. The second-order valence-corrected chi connectivity index (χ2v) is 3.04. The number of hydrogen-bond donors (Lipinski definition) is 2. The van der Waals surface area contributed by atoms with Gasteiger partial charge in [0.05, 0.1) is 6.04 Å². The number of nitrogens with one attached hydrogen (secondary N) is 2. The van der Waals surface area contributed by atoms with Crippen molar-refractivity contribution in [2.45, 2.75) is 19.9 Å². The van der Waals surface area contributed by atoms with Crippen LogP contribution in [0.25, 0.3) is 0 Å². The molecular weight excluding hydrogens is 146 g/mol. The van der Waals surface area contributed by atoms with Crippen molar-refractivity contribution < 1.29 is 0 Å². The molecule has 1 heterocycles. The van der Waals surface area contributed by atoms with Crippen molar-refractivity contribution in [1.29, 1.82) is 0 Å². The first-order valence-electron chi connectivity index (χ1n) is 3.30. The molecule has 0 spiro atoms. The SMILES string of the molecule is CC(C)C1C=NNC(=S)N1. The molecule has 0 aromatic rings. The van der Waals surface area contributed by atoms with Crippen molar-refractivity contribution in [2.24, 2.45) is 11.0 Å². The summed E-state index contributed by atoms with van der Waals surface area (Å²) < 4.78 is 0. The molecule has 1 atom stereocenters. The first kappa shape index (κ1) is 7.47. The summed E-state index contributed by atoms with van der Waals surface area (Å²) in [5.74, 6) is 0.531. The van der Waals surface area contributed by atoms with E-state index in [0.717, 1.165) is 0 Å². The molecule has 0 aliphatic carbocycles. The molecule has 10 heavy (non-hydrogen) atoms. The smallest absolute Gasteiger partial charge is 0.187 e. The van der Waals surface area contributed by atoms with Crippen LogP contribution in [0.2, 0.25) is 0 Å². The predicted molar refractivity (Wildman–Crippen MR) is 46.0 cm³/mol. The monoisotopic (exact) mass is 157 g/mol. The molecule has 1 aliphatic heterocycles. The molecule has 0 saturated carbocycles. The average molecular weight is 157 g/mol. The Kier molecular flexibility index (Phi) is 2.21. The molecular formula is C6H11N3S. The van der Waals surface area contributed by atoms with E-state index in [1.54, 1.807) is 0 Å². The van der Waals surface area contributed by atoms with Crippen LogP contribution in [0, 0.1) is 5.92 Å². The first-order valence-corrected chi connectivity index (χ1v) is 3.70. The predicted octanol–water partition coefficient (Wildman–Crippen LogP) is 0.475. The van der Waals surface area contributed by atoms with Crippen LogP contribution in [-0.4, -0.2) is 17.4 Å². The van der Waals surface area contributed by atoms with Crippen LogP contribution in [0.4, 0.5) is 0 Å². The van der Waals surface area contributed by atoms with Crippen molar-refractivity contribution in [2.75, 3.05) is 0 Å². The van der Waals surface area contributed by atoms with Crippen LogP contribution in [0.3, 0.4) is 0 Å². The zero-order valence-electron chi connectivity index (χ0n) is 6.09. The molecule has 0 radical (unpaired) electrons. The van der Waals surface area contributed by atoms with Crippen molar-refractivity contribution in [3.63, 3.8) is 0 Å². The third-order valence-corrected chi connectivity index (χ3v) is 1.63. The number of hydrogen-bond acceptors (Lipinski definition) is 2. The molecule has 4 heteroatoms. The number of hydrazone groups is 1. The third-order valence-electron chi connectivity index (χ3n) is 1.42. The van der Waals surface area contributed by atoms with Gasteiger partial charge in [0.2, 0.25) is 0 Å². The van der Waals surface area contributed by atoms with E-state index in [9.17, 15) is 0 Å². The van der Waals surface area contributed by atoms with Gasteiger partial charge in [-0.2, -0.15) is 5.10 Å². The first-order chi connectivity index (χ1) is 4.70. The second-order valence-electron chi connectivity index (χ2n) is 2.63. The van der Waals surface area contributed by atoms with Gasteiger partial charge in [0.25, 0.3) is 0 Å². The Hall–Kier alpha value is -0.640. The van der Waals surface area contributed by atoms with E-state index in [2.05, 4.69) is 29.7 Å². The van der Waals surface area contributed by atoms with E-state index in [1.165, 1.54) is 0 Å². The number of rotatable bonds is 1. The van der Waals surface area contributed by atoms with Gasteiger partial charge in [0.1, 0.15) is 0 Å². The maximum Gasteiger partial charge on any atom is 0.187 e. The van der Waals surface area contributed by atoms with Gasteiger partial charge < -0.3 is 5.32 Å². The van der Waals surface area contributed by atoms with Crippen molar-refractivity contribution in [3.05, 3.63) is 0 Å². The molecule has 56 valence electrons. The Bertz CT molecular complexity index is 164. The highest BCUT2D eigenvalue weighted by atomic mass is 32.1. The van der Waals surface area contributed by atoms with Crippen molar-refractivity contribution >= 4 is 23.5 Å². The Balaban J connectivity index is 2.55. The fourth-order valence-electron chi connectivity index (χ4n) is 0.736. The highest BCUT2D eigenvalue weighted by Gasteiger charge is 2.14. The Morgan fingerprint density at radius 2 is 2.40 bits per heavy atom. The number of thiocarbonyl (C=S) groups is 1. The summed E-state index contributed by atoms with van der Waals surface area (Å²) >= 11 is 4.87. The molecule has 0 amide bonds. The van der Waals surface area contributed by atoms with Gasteiger partial charge in [-0.05, 0) is 18.1 Å². The van der Waals surface area contributed by atoms with Gasteiger partial charge in [0.15, 0.2) is 5.11 Å². The second kappa shape index (κ2) is 2.96. The summed E-state index contributed by atoms with van der Waals surface area (Å²) in [6.07, 6.45) is 1.83. The maximum absolute atomic E-state index is 4.87. The minimum absolute atomic E-state index is 0.286. The summed E-state index contributed by atoms with van der Waals surface area (Å²) in [6, 6.07) is 0.286. The van der Waals surface area contributed by atoms with E-state index in [-0.39, 0.29) is 6.04 Å². The summed E-state index contributed by atoms with van der Waals surface area (Å²) in [7, 11) is 0. The van der Waals surface area contributed by atoms with E-state index in [4.69, 9.17) is 12.2 Å². The zero-order valence-corrected chi connectivity index (χ0v) is 6.90. The molecule has 3 nitrogen and oxygen atoms in total. The number of nitrogens with zero attached hydrogens (tertiary/aromatic N) is 1. The maximum atomic E-state index is 4.87. The minimum atomic E-state index is 0.286. The average Bonchev–Trinajstić information content (AvgIpc) is 1.88. The minimum Gasteiger partial charge on any atom is -0.353 e. The van der Waals surface area contributed by atoms with Crippen molar-refractivity contribution in [1.82, 2.24) is 10.7 Å². The fourth-order valence-corrected chi connectivity index (χ4v) is 0.925. The van der Waals surface area contributed by atoms with Gasteiger partial charge >= 0.3 is 0 Å². The summed E-state index contributed by atoms with van der Waals surface area (Å²) in [6.45, 7) is 4.25. The van der Waals surface area contributed by atoms with Gasteiger partial charge in [-0.25, -0.2) is 0 Å². The normalized spacial score (nSPS) is 24.3. The molecule has 2 N–H and O–H groups in total. The van der Waals surface area contributed by atoms with Crippen LogP contribution < -0.4 is 10.7 Å². The topological polar surface area (TPSA) is 36.4 Å². The third kappa shape index (κ3) is 1.67. The van der Waals surface area contributed by atoms with Gasteiger partial charge in [-0.1, -0.05) is 13.8 Å². The zero-order chi connectivity index (χ0) is 7.56. The van der Waals surface area contributed by atoms with Gasteiger partial charge in [-0.15, -0.1) is 0 Å². The van der Waals surface area contributed by atoms with Crippen LogP contribution in [0.5, 0.6) is 0 Å². The van der Waals surface area contributed by atoms with Gasteiger partial charge in [0, 0.05) is 6.21 Å². The molecule has 0 bridgehead atoms. The van der Waals surface area contributed by atoms with Gasteiger partial charge in [-0.3, -0.25) is 5.43 Å². The van der Waals surface area contributed by atoms with E-state index in [1.807, 2.05) is 6.21 Å². The summed E-state index contributed by atoms with van der Waals surface area (Å²) in [5, 5.41) is 7.58. The lowest BCUT2D eigenvalue weighted by Gasteiger charge is -2.22. The van der Waals surface area contributed by atoms with Crippen LogP contribution in [0.1, 0.15) is 13.8 Å². The van der Waals surface area contributed by atoms with Crippen LogP contribution in [-0.2, 0) is 0 Å². The molecule has 0 aromatic heterocycles. The quantitative estimate of drug-likeness (QED) is 0.543. The summed E-state index contributed by atoms with van der Waals surface area (Å²) in [5.41, 5.74) is 2.66. The molecule has 0 aromatic carbocycles. The Labute approximate surface area is 65.9 Å². The van der Waals surface area contributed by atoms with E-state index in [0.29, 0.717) is 11.0 Å². The van der Waals surface area contributed by atoms with E-state index >= 15 is 0 Å². The molecule has 1 aliphatic rings. The fraction of sp³-hybridized carbons (Fsp3) is 0.667. The molecule has 1 rings (SSSR count). The molecule has 1 unspecified atom stereocenters. The lowest BCUT2D eigenvalue weighted by Crippen LogP contribution is -2.47. The van der Waals surface area contributed by atoms with Crippen molar-refractivity contribution in [3.8, 4) is 0 Å². The Morgan fingerprint density at radius 1 is 1.70 bits per heavy atom. The highest BCUT2D eigenvalue weighted by molar-refractivity contribution is 7.80. The van der Waals surface area contributed by atoms with Crippen LogP contribution in [0.15, 0.2) is 5.10 Å². The van der Waals surface area contributed by atoms with Crippen LogP contribution >= 0.6 is 12.2 Å². The summed E-state index contributed by atoms with van der Waals surface area (Å²) in [4.78, 5) is 0. The Morgan fingerprint density at radius 3 is 2.80 bits per heavy atom. The largest absolute Gasteiger partial charge is 0.353 e. The lowest BCUT2D eigenvalue weighted by molar-refractivity contribution is 0.546.